The summed E-state index contributed by atoms with van der Waals surface area (Å²) < 4.78 is 5.87. The van der Waals surface area contributed by atoms with Crippen LogP contribution < -0.4 is 15.8 Å². The molecular formula is C30H35N3O3. The molecule has 3 atom stereocenters. The number of nitrogens with one attached hydrogen (secondary N) is 1. The number of ketones is 1. The van der Waals surface area contributed by atoms with E-state index in [-0.39, 0.29) is 17.6 Å². The van der Waals surface area contributed by atoms with E-state index < -0.39 is 6.04 Å². The summed E-state index contributed by atoms with van der Waals surface area (Å²) in [5.41, 5.74) is 8.80. The standard InChI is InChI=1S/C30H35N3O3/c1-20-24(13-17-29(31)32-20)12-16-28(34)21(2)33-30(35)25-11-8-23(19-25)18-22-9-14-27(15-10-22)36-26-6-4-3-5-7-26/h3-7,9-10,13-15,17,21,23,25H,8,11-12,16,18-19H2,1-2H3,(H2,31,32)(H,33,35)/t21-,23-,25+/m0/s1. The molecule has 0 spiro atoms. The number of nitrogens with zero attached hydrogens (tertiary/aromatic N) is 1. The number of rotatable bonds is 10. The number of hydrogen-bond donors (Lipinski definition) is 2. The van der Waals surface area contributed by atoms with Crippen molar-refractivity contribution in [2.45, 2.75) is 58.4 Å². The van der Waals surface area contributed by atoms with Crippen molar-refractivity contribution in [2.75, 3.05) is 5.73 Å². The third-order valence-corrected chi connectivity index (χ3v) is 7.04. The van der Waals surface area contributed by atoms with Crippen molar-refractivity contribution >= 4 is 17.5 Å². The number of ether oxygens (including phenoxy) is 1. The second-order valence-electron chi connectivity index (χ2n) is 9.82. The van der Waals surface area contributed by atoms with Gasteiger partial charge in [0.25, 0.3) is 0 Å². The number of aromatic nitrogens is 1. The molecule has 1 heterocycles. The average molecular weight is 486 g/mol. The normalized spacial score (nSPS) is 17.9. The first-order valence-electron chi connectivity index (χ1n) is 12.7. The molecule has 2 aromatic carbocycles. The number of nitrogen functional groups attached to an aromatic ring is 1. The lowest BCUT2D eigenvalue weighted by Crippen LogP contribution is -2.41. The first-order chi connectivity index (χ1) is 17.4. The van der Waals surface area contributed by atoms with E-state index in [1.54, 1.807) is 13.0 Å². The Morgan fingerprint density at radius 1 is 1.03 bits per heavy atom. The van der Waals surface area contributed by atoms with E-state index in [1.807, 2.05) is 55.5 Å². The summed E-state index contributed by atoms with van der Waals surface area (Å²) in [6.07, 6.45) is 4.64. The monoisotopic (exact) mass is 485 g/mol. The highest BCUT2D eigenvalue weighted by atomic mass is 16.5. The number of carbonyl (C=O) groups is 2. The fourth-order valence-corrected chi connectivity index (χ4v) is 4.91. The number of pyridine rings is 1. The molecule has 0 radical (unpaired) electrons. The van der Waals surface area contributed by atoms with Gasteiger partial charge in [-0.25, -0.2) is 4.98 Å². The quantitative estimate of drug-likeness (QED) is 0.399. The topological polar surface area (TPSA) is 94.3 Å². The Morgan fingerprint density at radius 2 is 1.75 bits per heavy atom. The summed E-state index contributed by atoms with van der Waals surface area (Å²) in [4.78, 5) is 29.7. The van der Waals surface area contributed by atoms with Crippen LogP contribution in [0.15, 0.2) is 66.7 Å². The summed E-state index contributed by atoms with van der Waals surface area (Å²) in [6, 6.07) is 21.1. The molecule has 3 N–H and O–H groups in total. The van der Waals surface area contributed by atoms with Gasteiger partial charge in [0.15, 0.2) is 5.78 Å². The Labute approximate surface area is 213 Å². The fourth-order valence-electron chi connectivity index (χ4n) is 4.91. The van der Waals surface area contributed by atoms with Crippen LogP contribution in [0.2, 0.25) is 0 Å². The molecule has 6 nitrogen and oxygen atoms in total. The number of Topliss-reactive ketones (excluding diaryl/α,β-unsaturated/α-hetero) is 1. The van der Waals surface area contributed by atoms with Gasteiger partial charge in [-0.3, -0.25) is 9.59 Å². The summed E-state index contributed by atoms with van der Waals surface area (Å²) in [5, 5.41) is 2.96. The second-order valence-corrected chi connectivity index (χ2v) is 9.82. The minimum atomic E-state index is -0.490. The third kappa shape index (κ3) is 6.94. The lowest BCUT2D eigenvalue weighted by atomic mass is 9.96. The van der Waals surface area contributed by atoms with Gasteiger partial charge in [0.2, 0.25) is 5.91 Å². The number of aryl methyl sites for hydroxylation is 2. The van der Waals surface area contributed by atoms with Crippen LogP contribution in [0.4, 0.5) is 5.82 Å². The smallest absolute Gasteiger partial charge is 0.223 e. The Bertz CT molecular complexity index is 1180. The Morgan fingerprint density at radius 3 is 2.47 bits per heavy atom. The molecule has 0 bridgehead atoms. The first-order valence-corrected chi connectivity index (χ1v) is 12.7. The van der Waals surface area contributed by atoms with Gasteiger partial charge in [0.05, 0.1) is 6.04 Å². The number of para-hydroxylation sites is 1. The van der Waals surface area contributed by atoms with Crippen LogP contribution in [0.3, 0.4) is 0 Å². The van der Waals surface area contributed by atoms with Crippen LogP contribution in [0.25, 0.3) is 0 Å². The molecule has 188 valence electrons. The van der Waals surface area contributed by atoms with Crippen LogP contribution in [-0.4, -0.2) is 22.7 Å². The van der Waals surface area contributed by atoms with Crippen molar-refractivity contribution in [3.05, 3.63) is 83.6 Å². The van der Waals surface area contributed by atoms with Crippen molar-refractivity contribution < 1.29 is 14.3 Å². The zero-order valence-electron chi connectivity index (χ0n) is 21.1. The van der Waals surface area contributed by atoms with Gasteiger partial charge in [0, 0.05) is 18.0 Å². The van der Waals surface area contributed by atoms with Gasteiger partial charge < -0.3 is 15.8 Å². The Hall–Kier alpha value is -3.67. The second kappa shape index (κ2) is 11.8. The highest BCUT2D eigenvalue weighted by Gasteiger charge is 2.31. The lowest BCUT2D eigenvalue weighted by Gasteiger charge is -2.17. The highest BCUT2D eigenvalue weighted by molar-refractivity contribution is 5.89. The minimum Gasteiger partial charge on any atom is -0.457 e. The maximum Gasteiger partial charge on any atom is 0.223 e. The number of anilines is 1. The van der Waals surface area contributed by atoms with E-state index in [0.717, 1.165) is 48.4 Å². The molecule has 3 aromatic rings. The van der Waals surface area contributed by atoms with Gasteiger partial charge in [-0.2, -0.15) is 0 Å². The minimum absolute atomic E-state index is 0.00436. The first kappa shape index (κ1) is 25.4. The van der Waals surface area contributed by atoms with E-state index in [1.165, 1.54) is 5.56 Å². The molecule has 0 unspecified atom stereocenters. The van der Waals surface area contributed by atoms with Gasteiger partial charge in [-0.15, -0.1) is 0 Å². The Kier molecular flexibility index (Phi) is 8.36. The molecule has 4 rings (SSSR count). The van der Waals surface area contributed by atoms with Crippen LogP contribution in [-0.2, 0) is 22.4 Å². The number of hydrogen-bond acceptors (Lipinski definition) is 5. The third-order valence-electron chi connectivity index (χ3n) is 7.04. The van der Waals surface area contributed by atoms with Gasteiger partial charge >= 0.3 is 0 Å². The van der Waals surface area contributed by atoms with Crippen molar-refractivity contribution in [3.8, 4) is 11.5 Å². The van der Waals surface area contributed by atoms with Gasteiger partial charge in [-0.05, 0) is 93.3 Å². The molecule has 1 fully saturated rings. The summed E-state index contributed by atoms with van der Waals surface area (Å²) in [6.45, 7) is 3.67. The van der Waals surface area contributed by atoms with Gasteiger partial charge in [-0.1, -0.05) is 36.4 Å². The van der Waals surface area contributed by atoms with Crippen molar-refractivity contribution in [2.24, 2.45) is 11.8 Å². The Balaban J connectivity index is 1.21. The maximum absolute atomic E-state index is 12.8. The molecule has 1 saturated carbocycles. The highest BCUT2D eigenvalue weighted by Crippen LogP contribution is 2.34. The van der Waals surface area contributed by atoms with Crippen molar-refractivity contribution in [3.63, 3.8) is 0 Å². The van der Waals surface area contributed by atoms with Crippen molar-refractivity contribution in [1.82, 2.24) is 10.3 Å². The van der Waals surface area contributed by atoms with E-state index in [9.17, 15) is 9.59 Å². The number of nitrogens with two attached hydrogens (primary N) is 1. The van der Waals surface area contributed by atoms with Crippen LogP contribution >= 0.6 is 0 Å². The fraction of sp³-hybridized carbons (Fsp3) is 0.367. The molecule has 36 heavy (non-hydrogen) atoms. The van der Waals surface area contributed by atoms with E-state index in [0.29, 0.717) is 24.6 Å². The van der Waals surface area contributed by atoms with Crippen LogP contribution in [0.5, 0.6) is 11.5 Å². The molecule has 0 aliphatic heterocycles. The number of benzene rings is 2. The van der Waals surface area contributed by atoms with E-state index in [4.69, 9.17) is 10.5 Å². The summed E-state index contributed by atoms with van der Waals surface area (Å²) in [5.74, 6) is 2.58. The van der Waals surface area contributed by atoms with E-state index >= 15 is 0 Å². The van der Waals surface area contributed by atoms with Gasteiger partial charge in [0.1, 0.15) is 17.3 Å². The molecule has 1 aliphatic rings. The predicted octanol–water partition coefficient (Wildman–Crippen LogP) is 5.43. The molecule has 1 aliphatic carbocycles. The molecule has 1 aromatic heterocycles. The largest absolute Gasteiger partial charge is 0.457 e. The molecule has 6 heteroatoms. The lowest BCUT2D eigenvalue weighted by molar-refractivity contribution is -0.129. The molecule has 0 saturated heterocycles. The average Bonchev–Trinajstić information content (AvgIpc) is 3.34. The van der Waals surface area contributed by atoms with Crippen LogP contribution in [0, 0.1) is 18.8 Å². The number of carbonyl (C=O) groups excluding carboxylic acids is 2. The molecular weight excluding hydrogens is 450 g/mol. The number of amides is 1. The zero-order valence-corrected chi connectivity index (χ0v) is 21.1. The summed E-state index contributed by atoms with van der Waals surface area (Å²) >= 11 is 0. The summed E-state index contributed by atoms with van der Waals surface area (Å²) in [7, 11) is 0. The van der Waals surface area contributed by atoms with Crippen LogP contribution in [0.1, 0.15) is 49.4 Å². The zero-order chi connectivity index (χ0) is 25.5. The maximum atomic E-state index is 12.8. The van der Waals surface area contributed by atoms with E-state index in [2.05, 4.69) is 22.4 Å². The van der Waals surface area contributed by atoms with Crippen molar-refractivity contribution in [1.29, 1.82) is 0 Å². The predicted molar refractivity (Wildman–Crippen MR) is 142 cm³/mol. The molecule has 1 amide bonds. The SMILES string of the molecule is Cc1nc(N)ccc1CCC(=O)[C@H](C)NC(=O)[C@@H]1CC[C@@H](Cc2ccc(Oc3ccccc3)cc2)C1.